The van der Waals surface area contributed by atoms with E-state index in [1.807, 2.05) is 54.6 Å². The van der Waals surface area contributed by atoms with Crippen molar-refractivity contribution in [1.82, 2.24) is 0 Å². The van der Waals surface area contributed by atoms with Crippen LogP contribution in [0, 0.1) is 0 Å². The molecule has 1 aliphatic rings. The SMILES string of the molecule is COc1ccc(C2=NO[C@@H](C[C@@H](O)c3ccccc3)C2)cc1. The van der Waals surface area contributed by atoms with Gasteiger partial charge in [0.05, 0.1) is 18.9 Å². The highest BCUT2D eigenvalue weighted by molar-refractivity contribution is 6.01. The molecule has 3 rings (SSSR count). The van der Waals surface area contributed by atoms with Crippen LogP contribution >= 0.6 is 0 Å². The normalized spacial score (nSPS) is 18.5. The molecule has 2 aromatic carbocycles. The molecule has 0 aliphatic carbocycles. The van der Waals surface area contributed by atoms with Crippen molar-refractivity contribution in [3.8, 4) is 5.75 Å². The maximum Gasteiger partial charge on any atom is 0.136 e. The Balaban J connectivity index is 1.59. The number of hydrogen-bond donors (Lipinski definition) is 1. The van der Waals surface area contributed by atoms with E-state index in [1.165, 1.54) is 0 Å². The second kappa shape index (κ2) is 6.62. The van der Waals surface area contributed by atoms with Crippen molar-refractivity contribution in [3.63, 3.8) is 0 Å². The zero-order valence-electron chi connectivity index (χ0n) is 12.5. The summed E-state index contributed by atoms with van der Waals surface area (Å²) in [7, 11) is 1.65. The van der Waals surface area contributed by atoms with Crippen LogP contribution in [0.5, 0.6) is 5.75 Å². The van der Waals surface area contributed by atoms with Gasteiger partial charge in [-0.2, -0.15) is 0 Å². The Morgan fingerprint density at radius 1 is 1.18 bits per heavy atom. The Morgan fingerprint density at radius 3 is 2.59 bits per heavy atom. The van der Waals surface area contributed by atoms with E-state index in [2.05, 4.69) is 5.16 Å². The molecule has 22 heavy (non-hydrogen) atoms. The molecule has 0 aromatic heterocycles. The lowest BCUT2D eigenvalue weighted by molar-refractivity contribution is 0.0363. The van der Waals surface area contributed by atoms with Gasteiger partial charge >= 0.3 is 0 Å². The number of aliphatic hydroxyl groups excluding tert-OH is 1. The van der Waals surface area contributed by atoms with Gasteiger partial charge in [0.25, 0.3) is 0 Å². The van der Waals surface area contributed by atoms with Gasteiger partial charge in [0.2, 0.25) is 0 Å². The zero-order chi connectivity index (χ0) is 15.4. The van der Waals surface area contributed by atoms with Crippen molar-refractivity contribution in [2.24, 2.45) is 5.16 Å². The monoisotopic (exact) mass is 297 g/mol. The summed E-state index contributed by atoms with van der Waals surface area (Å²) in [5.74, 6) is 0.819. The van der Waals surface area contributed by atoms with E-state index in [0.29, 0.717) is 12.8 Å². The molecule has 0 radical (unpaired) electrons. The molecule has 0 bridgehead atoms. The number of oxime groups is 1. The number of aliphatic hydroxyl groups is 1. The number of rotatable bonds is 5. The number of nitrogens with zero attached hydrogens (tertiary/aromatic N) is 1. The summed E-state index contributed by atoms with van der Waals surface area (Å²) in [5, 5.41) is 14.4. The van der Waals surface area contributed by atoms with Crippen molar-refractivity contribution >= 4 is 5.71 Å². The molecule has 114 valence electrons. The van der Waals surface area contributed by atoms with E-state index in [4.69, 9.17) is 9.57 Å². The summed E-state index contributed by atoms with van der Waals surface area (Å²) in [6.07, 6.45) is 0.618. The first-order valence-corrected chi connectivity index (χ1v) is 7.36. The van der Waals surface area contributed by atoms with Crippen molar-refractivity contribution in [1.29, 1.82) is 0 Å². The maximum atomic E-state index is 10.3. The predicted molar refractivity (Wildman–Crippen MR) is 85.0 cm³/mol. The Hall–Kier alpha value is -2.33. The molecule has 2 atom stereocenters. The summed E-state index contributed by atoms with van der Waals surface area (Å²) < 4.78 is 5.15. The van der Waals surface area contributed by atoms with Gasteiger partial charge in [-0.25, -0.2) is 0 Å². The summed E-state index contributed by atoms with van der Waals surface area (Å²) in [6.45, 7) is 0. The first kappa shape index (κ1) is 14.6. The lowest BCUT2D eigenvalue weighted by atomic mass is 9.98. The van der Waals surface area contributed by atoms with Crippen LogP contribution in [0.2, 0.25) is 0 Å². The topological polar surface area (TPSA) is 51.0 Å². The van der Waals surface area contributed by atoms with Crippen LogP contribution in [0.3, 0.4) is 0 Å². The number of methoxy groups -OCH3 is 1. The second-order valence-electron chi connectivity index (χ2n) is 5.36. The molecule has 0 fully saturated rings. The van der Waals surface area contributed by atoms with Crippen LogP contribution in [0.25, 0.3) is 0 Å². The molecule has 1 N–H and O–H groups in total. The van der Waals surface area contributed by atoms with E-state index < -0.39 is 6.10 Å². The zero-order valence-corrected chi connectivity index (χ0v) is 12.5. The molecular weight excluding hydrogens is 278 g/mol. The smallest absolute Gasteiger partial charge is 0.136 e. The summed E-state index contributed by atoms with van der Waals surface area (Å²) >= 11 is 0. The third kappa shape index (κ3) is 3.28. The van der Waals surface area contributed by atoms with Gasteiger partial charge in [0, 0.05) is 12.8 Å². The molecule has 0 saturated carbocycles. The minimum absolute atomic E-state index is 0.0905. The first-order valence-electron chi connectivity index (χ1n) is 7.36. The van der Waals surface area contributed by atoms with E-state index in [1.54, 1.807) is 7.11 Å². The quantitative estimate of drug-likeness (QED) is 0.921. The lowest BCUT2D eigenvalue weighted by Gasteiger charge is -2.14. The minimum Gasteiger partial charge on any atom is -0.497 e. The van der Waals surface area contributed by atoms with Gasteiger partial charge in [-0.1, -0.05) is 35.5 Å². The van der Waals surface area contributed by atoms with Gasteiger partial charge in [0.15, 0.2) is 0 Å². The van der Waals surface area contributed by atoms with Crippen LogP contribution in [0.4, 0.5) is 0 Å². The van der Waals surface area contributed by atoms with Crippen LogP contribution in [0.15, 0.2) is 59.8 Å². The Morgan fingerprint density at radius 2 is 1.91 bits per heavy atom. The average Bonchev–Trinajstić information content (AvgIpc) is 3.04. The highest BCUT2D eigenvalue weighted by Gasteiger charge is 2.25. The number of hydrogen-bond acceptors (Lipinski definition) is 4. The molecule has 1 heterocycles. The second-order valence-corrected chi connectivity index (χ2v) is 5.36. The molecule has 4 nitrogen and oxygen atoms in total. The van der Waals surface area contributed by atoms with Crippen molar-refractivity contribution in [2.45, 2.75) is 25.0 Å². The van der Waals surface area contributed by atoms with E-state index >= 15 is 0 Å². The van der Waals surface area contributed by atoms with Gasteiger partial charge in [-0.05, 0) is 35.4 Å². The van der Waals surface area contributed by atoms with Gasteiger partial charge in [0.1, 0.15) is 11.9 Å². The predicted octanol–water partition coefficient (Wildman–Crippen LogP) is 3.31. The van der Waals surface area contributed by atoms with Crippen molar-refractivity contribution in [2.75, 3.05) is 7.11 Å². The van der Waals surface area contributed by atoms with Gasteiger partial charge < -0.3 is 14.7 Å². The van der Waals surface area contributed by atoms with E-state index in [0.717, 1.165) is 22.6 Å². The molecule has 0 amide bonds. The fraction of sp³-hybridized carbons (Fsp3) is 0.278. The molecule has 0 spiro atoms. The highest BCUT2D eigenvalue weighted by atomic mass is 16.6. The Labute approximate surface area is 130 Å². The largest absolute Gasteiger partial charge is 0.497 e. The van der Waals surface area contributed by atoms with Gasteiger partial charge in [-0.3, -0.25) is 0 Å². The summed E-state index contributed by atoms with van der Waals surface area (Å²) in [4.78, 5) is 5.47. The van der Waals surface area contributed by atoms with E-state index in [-0.39, 0.29) is 6.10 Å². The standard InChI is InChI=1S/C18H19NO3/c1-21-15-9-7-13(8-10-15)17-11-16(22-19-17)12-18(20)14-5-3-2-4-6-14/h2-10,16,18,20H,11-12H2,1H3/t16-,18-/m1/s1. The van der Waals surface area contributed by atoms with E-state index in [9.17, 15) is 5.11 Å². The number of benzene rings is 2. The van der Waals surface area contributed by atoms with Gasteiger partial charge in [-0.15, -0.1) is 0 Å². The lowest BCUT2D eigenvalue weighted by Crippen LogP contribution is -2.13. The third-order valence-corrected chi connectivity index (χ3v) is 3.83. The average molecular weight is 297 g/mol. The van der Waals surface area contributed by atoms with Crippen LogP contribution in [-0.4, -0.2) is 24.0 Å². The number of ether oxygens (including phenoxy) is 1. The Kier molecular flexibility index (Phi) is 4.39. The molecule has 0 unspecified atom stereocenters. The molecule has 4 heteroatoms. The van der Waals surface area contributed by atoms with Crippen molar-refractivity contribution < 1.29 is 14.7 Å². The first-order chi connectivity index (χ1) is 10.8. The molecule has 2 aromatic rings. The third-order valence-electron chi connectivity index (χ3n) is 3.83. The summed E-state index contributed by atoms with van der Waals surface area (Å²) in [5.41, 5.74) is 2.84. The molecule has 1 aliphatic heterocycles. The minimum atomic E-state index is -0.531. The molecule has 0 saturated heterocycles. The van der Waals surface area contributed by atoms with Crippen LogP contribution in [0.1, 0.15) is 30.1 Å². The molecular formula is C18H19NO3. The van der Waals surface area contributed by atoms with Crippen molar-refractivity contribution in [3.05, 3.63) is 65.7 Å². The van der Waals surface area contributed by atoms with Crippen LogP contribution in [-0.2, 0) is 4.84 Å². The summed E-state index contributed by atoms with van der Waals surface area (Å²) in [6, 6.07) is 17.4. The Bertz CT molecular complexity index is 637. The fourth-order valence-electron chi connectivity index (χ4n) is 2.57. The highest BCUT2D eigenvalue weighted by Crippen LogP contribution is 2.26. The maximum absolute atomic E-state index is 10.3. The van der Waals surface area contributed by atoms with Crippen LogP contribution < -0.4 is 4.74 Å². The fourth-order valence-corrected chi connectivity index (χ4v) is 2.57.